The van der Waals surface area contributed by atoms with Crippen molar-refractivity contribution < 1.29 is 9.53 Å². The van der Waals surface area contributed by atoms with Gasteiger partial charge in [0.2, 0.25) is 5.91 Å². The first kappa shape index (κ1) is 24.1. The molecule has 0 spiro atoms. The Kier molecular flexibility index (Phi) is 7.32. The van der Waals surface area contributed by atoms with E-state index in [-0.39, 0.29) is 24.2 Å². The van der Waals surface area contributed by atoms with Gasteiger partial charge in [-0.1, -0.05) is 43.7 Å². The van der Waals surface area contributed by atoms with Crippen LogP contribution in [0, 0.1) is 11.8 Å². The van der Waals surface area contributed by atoms with Crippen LogP contribution in [0.15, 0.2) is 42.5 Å². The minimum atomic E-state index is 0. The lowest BCUT2D eigenvalue weighted by molar-refractivity contribution is -0.119. The molecule has 33 heavy (non-hydrogen) atoms. The molecule has 0 bridgehead atoms. The number of carbonyl (C=O) groups excluding carboxylic acids is 1. The first-order chi connectivity index (χ1) is 15.6. The van der Waals surface area contributed by atoms with E-state index in [2.05, 4.69) is 60.0 Å². The van der Waals surface area contributed by atoms with Crippen LogP contribution < -0.4 is 20.3 Å². The zero-order valence-electron chi connectivity index (χ0n) is 19.8. The maximum Gasteiger partial charge on any atom is 0.230 e. The number of hydrogen-bond donors (Lipinski definition) is 2. The summed E-state index contributed by atoms with van der Waals surface area (Å²) in [6.07, 6.45) is 4.61. The smallest absolute Gasteiger partial charge is 0.230 e. The Morgan fingerprint density at radius 2 is 1.94 bits per heavy atom. The highest BCUT2D eigenvalue weighted by Crippen LogP contribution is 2.56. The summed E-state index contributed by atoms with van der Waals surface area (Å²) in [5.74, 6) is 2.43. The molecule has 5 rings (SSSR count). The molecule has 2 aliphatic heterocycles. The molecule has 5 nitrogen and oxygen atoms in total. The molecule has 1 saturated carbocycles. The van der Waals surface area contributed by atoms with Gasteiger partial charge < -0.3 is 20.3 Å². The highest BCUT2D eigenvalue weighted by molar-refractivity contribution is 6.01. The Bertz CT molecular complexity index is 983. The fourth-order valence-electron chi connectivity index (χ4n) is 5.82. The second-order valence-electron chi connectivity index (χ2n) is 9.74. The zero-order valence-corrected chi connectivity index (χ0v) is 20.7. The van der Waals surface area contributed by atoms with E-state index in [1.165, 1.54) is 24.0 Å². The summed E-state index contributed by atoms with van der Waals surface area (Å²) >= 11 is 0. The molecule has 1 amide bonds. The summed E-state index contributed by atoms with van der Waals surface area (Å²) in [6.45, 7) is 4.07. The van der Waals surface area contributed by atoms with Gasteiger partial charge in [-0.05, 0) is 60.9 Å². The van der Waals surface area contributed by atoms with E-state index in [4.69, 9.17) is 4.74 Å². The van der Waals surface area contributed by atoms with Gasteiger partial charge in [0.25, 0.3) is 0 Å². The molecular formula is C27H36ClN3O2. The van der Waals surface area contributed by atoms with Crippen molar-refractivity contribution in [3.8, 4) is 5.75 Å². The highest BCUT2D eigenvalue weighted by atomic mass is 35.5. The summed E-state index contributed by atoms with van der Waals surface area (Å²) in [5, 5.41) is 7.67. The van der Waals surface area contributed by atoms with E-state index in [0.717, 1.165) is 42.9 Å². The van der Waals surface area contributed by atoms with Crippen molar-refractivity contribution >= 4 is 24.0 Å². The van der Waals surface area contributed by atoms with Gasteiger partial charge in [-0.3, -0.25) is 4.79 Å². The largest absolute Gasteiger partial charge is 0.496 e. The number of ether oxygens (including phenoxy) is 1. The number of nitrogens with one attached hydrogen (secondary N) is 2. The summed E-state index contributed by atoms with van der Waals surface area (Å²) in [5.41, 5.74) is 4.77. The van der Waals surface area contributed by atoms with Gasteiger partial charge in [0.15, 0.2) is 0 Å². The molecule has 178 valence electrons. The third kappa shape index (κ3) is 4.64. The van der Waals surface area contributed by atoms with Crippen molar-refractivity contribution in [3.05, 3.63) is 59.2 Å². The Morgan fingerprint density at radius 1 is 1.15 bits per heavy atom. The van der Waals surface area contributed by atoms with E-state index >= 15 is 0 Å². The molecule has 2 fully saturated rings. The van der Waals surface area contributed by atoms with Crippen LogP contribution in [0.3, 0.4) is 0 Å². The number of anilines is 1. The Morgan fingerprint density at radius 3 is 2.67 bits per heavy atom. The Hall–Kier alpha value is -2.08. The topological polar surface area (TPSA) is 53.6 Å². The number of benzene rings is 2. The maximum atomic E-state index is 12.6. The fourth-order valence-corrected chi connectivity index (χ4v) is 5.82. The molecule has 3 aliphatic rings. The van der Waals surface area contributed by atoms with Crippen LogP contribution in [0.1, 0.15) is 61.3 Å². The van der Waals surface area contributed by atoms with E-state index < -0.39 is 0 Å². The summed E-state index contributed by atoms with van der Waals surface area (Å²) in [4.78, 5) is 14.4. The number of rotatable bonds is 7. The van der Waals surface area contributed by atoms with Crippen molar-refractivity contribution in [1.82, 2.24) is 10.6 Å². The van der Waals surface area contributed by atoms with Crippen molar-refractivity contribution in [2.75, 3.05) is 25.6 Å². The summed E-state index contributed by atoms with van der Waals surface area (Å²) in [6, 6.07) is 15.7. The quantitative estimate of drug-likeness (QED) is 0.611. The number of nitrogens with zero attached hydrogens (tertiary/aromatic N) is 1. The minimum Gasteiger partial charge on any atom is -0.496 e. The highest BCUT2D eigenvalue weighted by Gasteiger charge is 2.50. The second kappa shape index (κ2) is 10.0. The summed E-state index contributed by atoms with van der Waals surface area (Å²) < 4.78 is 5.79. The molecule has 1 aliphatic carbocycles. The number of halogens is 1. The predicted molar refractivity (Wildman–Crippen MR) is 135 cm³/mol. The Labute approximate surface area is 203 Å². The molecule has 2 aromatic rings. The number of carbonyl (C=O) groups is 1. The lowest BCUT2D eigenvalue weighted by atomic mass is 9.84. The van der Waals surface area contributed by atoms with Crippen molar-refractivity contribution in [1.29, 1.82) is 0 Å². The number of hydrogen-bond acceptors (Lipinski definition) is 4. The molecule has 5 unspecified atom stereocenters. The standard InChI is InChI=1S/C27H35N3O2.ClH/c1-4-8-17-11-23(26(29-15-17)18-9-6-5-7-10-18)28-16-19-12-24-21(14-25(19)32-3)20-13-22(20)27(31)30(24)2;/h5-7,9-10,12,14,17,20,22-23,26,28-29H,4,8,11,13,15-16H2,1-3H3;1H. The number of amides is 1. The average molecular weight is 470 g/mol. The number of piperidine rings is 1. The minimum absolute atomic E-state index is 0. The Balaban J connectivity index is 0.00000259. The normalized spacial score (nSPS) is 27.9. The monoisotopic (exact) mass is 469 g/mol. The molecule has 0 aromatic heterocycles. The lowest BCUT2D eigenvalue weighted by Crippen LogP contribution is -2.49. The number of methoxy groups -OCH3 is 1. The lowest BCUT2D eigenvalue weighted by Gasteiger charge is -2.38. The SMILES string of the molecule is CCCC1CNC(c2ccccc2)C(NCc2cc3c(cc2OC)C2CC2C(=O)N3C)C1.Cl. The van der Waals surface area contributed by atoms with Gasteiger partial charge in [0, 0.05) is 42.8 Å². The van der Waals surface area contributed by atoms with Crippen molar-refractivity contribution in [3.63, 3.8) is 0 Å². The first-order valence-corrected chi connectivity index (χ1v) is 12.1. The number of fused-ring (bicyclic) bond motifs is 3. The van der Waals surface area contributed by atoms with Crippen LogP contribution in [0.25, 0.3) is 0 Å². The van der Waals surface area contributed by atoms with Gasteiger partial charge in [-0.2, -0.15) is 0 Å². The van der Waals surface area contributed by atoms with Crippen LogP contribution in [0.2, 0.25) is 0 Å². The third-order valence-corrected chi connectivity index (χ3v) is 7.66. The van der Waals surface area contributed by atoms with Crippen LogP contribution in [-0.2, 0) is 11.3 Å². The van der Waals surface area contributed by atoms with E-state index in [9.17, 15) is 4.79 Å². The molecule has 1 saturated heterocycles. The van der Waals surface area contributed by atoms with Crippen LogP contribution in [0.5, 0.6) is 5.75 Å². The summed E-state index contributed by atoms with van der Waals surface area (Å²) in [7, 11) is 3.66. The van der Waals surface area contributed by atoms with Crippen molar-refractivity contribution in [2.24, 2.45) is 11.8 Å². The van der Waals surface area contributed by atoms with E-state index in [1.54, 1.807) is 7.11 Å². The van der Waals surface area contributed by atoms with Gasteiger partial charge in [-0.15, -0.1) is 12.4 Å². The maximum absolute atomic E-state index is 12.6. The van der Waals surface area contributed by atoms with Crippen LogP contribution in [0.4, 0.5) is 5.69 Å². The van der Waals surface area contributed by atoms with Crippen molar-refractivity contribution in [2.45, 2.75) is 57.2 Å². The van der Waals surface area contributed by atoms with E-state index in [0.29, 0.717) is 23.9 Å². The molecule has 2 aromatic carbocycles. The second-order valence-corrected chi connectivity index (χ2v) is 9.74. The van der Waals surface area contributed by atoms with Gasteiger partial charge in [0.05, 0.1) is 7.11 Å². The van der Waals surface area contributed by atoms with Crippen LogP contribution >= 0.6 is 12.4 Å². The van der Waals surface area contributed by atoms with Gasteiger partial charge in [0.1, 0.15) is 5.75 Å². The predicted octanol–water partition coefficient (Wildman–Crippen LogP) is 4.81. The first-order valence-electron chi connectivity index (χ1n) is 12.1. The third-order valence-electron chi connectivity index (χ3n) is 7.66. The molecule has 5 atom stereocenters. The molecule has 0 radical (unpaired) electrons. The zero-order chi connectivity index (χ0) is 22.2. The molecular weight excluding hydrogens is 434 g/mol. The van der Waals surface area contributed by atoms with E-state index in [1.807, 2.05) is 11.9 Å². The fraction of sp³-hybridized carbons (Fsp3) is 0.519. The molecule has 2 N–H and O–H groups in total. The molecule has 6 heteroatoms. The van der Waals surface area contributed by atoms with Gasteiger partial charge >= 0.3 is 0 Å². The average Bonchev–Trinajstić information content (AvgIpc) is 3.63. The molecule has 2 heterocycles. The van der Waals surface area contributed by atoms with Crippen LogP contribution in [-0.4, -0.2) is 32.7 Å². The van der Waals surface area contributed by atoms with Gasteiger partial charge in [-0.25, -0.2) is 0 Å².